The fraction of sp³-hybridized carbons (Fsp3) is 0.538. The minimum atomic E-state index is -4.53. The topological polar surface area (TPSA) is 75.7 Å². The molecule has 1 fully saturated rings. The Bertz CT molecular complexity index is 545. The summed E-state index contributed by atoms with van der Waals surface area (Å²) in [6.07, 6.45) is 0.756. The summed E-state index contributed by atoms with van der Waals surface area (Å²) in [5.74, 6) is 0. The van der Waals surface area contributed by atoms with Crippen LogP contribution in [-0.2, 0) is 19.6 Å². The first kappa shape index (κ1) is 18.1. The molecule has 0 bridgehead atoms. The largest absolute Gasteiger partial charge is 1.00 e. The molecule has 7 heteroatoms. The molecule has 0 amide bonds. The van der Waals surface area contributed by atoms with E-state index in [-0.39, 0.29) is 52.2 Å². The van der Waals surface area contributed by atoms with Gasteiger partial charge in [0.25, 0.3) is 0 Å². The van der Waals surface area contributed by atoms with E-state index in [1.807, 2.05) is 13.8 Å². The van der Waals surface area contributed by atoms with Crippen molar-refractivity contribution in [1.82, 2.24) is 0 Å². The Hall–Kier alpha value is 0.0500. The van der Waals surface area contributed by atoms with Gasteiger partial charge in [0.05, 0.1) is 17.1 Å². The van der Waals surface area contributed by atoms with Crippen LogP contribution in [0.3, 0.4) is 0 Å². The Labute approximate surface area is 141 Å². The van der Waals surface area contributed by atoms with Crippen LogP contribution in [0.15, 0.2) is 29.2 Å². The fourth-order valence-corrected chi connectivity index (χ4v) is 2.91. The average Bonchev–Trinajstić information content (AvgIpc) is 2.37. The van der Waals surface area contributed by atoms with Gasteiger partial charge in [0.15, 0.2) is 6.29 Å². The van der Waals surface area contributed by atoms with Gasteiger partial charge in [-0.25, -0.2) is 8.42 Å². The van der Waals surface area contributed by atoms with Gasteiger partial charge in [-0.05, 0) is 25.8 Å². The van der Waals surface area contributed by atoms with Gasteiger partial charge in [-0.2, -0.15) is 0 Å². The maximum absolute atomic E-state index is 11.3. The number of ether oxygens (including phenoxy) is 2. The molecule has 1 heterocycles. The van der Waals surface area contributed by atoms with Crippen LogP contribution in [0.25, 0.3) is 0 Å². The van der Waals surface area contributed by atoms with Crippen LogP contribution in [0.1, 0.15) is 38.5 Å². The number of hydrogen-bond acceptors (Lipinski definition) is 5. The van der Waals surface area contributed by atoms with Crippen molar-refractivity contribution in [1.29, 1.82) is 0 Å². The van der Waals surface area contributed by atoms with Gasteiger partial charge in [0.2, 0.25) is 0 Å². The molecule has 5 nitrogen and oxygen atoms in total. The van der Waals surface area contributed by atoms with Crippen molar-refractivity contribution in [3.05, 3.63) is 29.8 Å². The molecule has 0 aliphatic carbocycles. The molecule has 3 unspecified atom stereocenters. The normalized spacial score (nSPS) is 26.9. The van der Waals surface area contributed by atoms with Crippen molar-refractivity contribution in [3.8, 4) is 0 Å². The minimum absolute atomic E-state index is 0. The molecule has 1 aliphatic rings. The third-order valence-corrected chi connectivity index (χ3v) is 4.07. The predicted molar refractivity (Wildman–Crippen MR) is 67.5 cm³/mol. The summed E-state index contributed by atoms with van der Waals surface area (Å²) in [4.78, 5) is -0.274. The van der Waals surface area contributed by atoms with Crippen molar-refractivity contribution in [3.63, 3.8) is 0 Å². The number of rotatable bonds is 3. The molecule has 1 aromatic carbocycles. The van der Waals surface area contributed by atoms with Crippen molar-refractivity contribution < 1.29 is 52.0 Å². The van der Waals surface area contributed by atoms with Crippen LogP contribution >= 0.6 is 0 Å². The summed E-state index contributed by atoms with van der Waals surface area (Å²) < 4.78 is 45.1. The Kier molecular flexibility index (Phi) is 6.66. The Morgan fingerprint density at radius 1 is 1.30 bits per heavy atom. The number of hydrogen-bond donors (Lipinski definition) is 0. The molecule has 1 aliphatic heterocycles. The molecule has 20 heavy (non-hydrogen) atoms. The summed E-state index contributed by atoms with van der Waals surface area (Å²) in [5.41, 5.74) is 0.280. The molecule has 0 aromatic heterocycles. The summed E-state index contributed by atoms with van der Waals surface area (Å²) in [7, 11) is -4.53. The maximum atomic E-state index is 11.3. The summed E-state index contributed by atoms with van der Waals surface area (Å²) in [6.45, 7) is 3.91. The van der Waals surface area contributed by atoms with Crippen LogP contribution in [-0.4, -0.2) is 25.2 Å². The second-order valence-corrected chi connectivity index (χ2v) is 6.02. The van der Waals surface area contributed by atoms with E-state index < -0.39 is 16.4 Å². The van der Waals surface area contributed by atoms with E-state index in [2.05, 4.69) is 0 Å². The summed E-state index contributed by atoms with van der Waals surface area (Å²) in [5, 5.41) is 0. The van der Waals surface area contributed by atoms with E-state index in [0.717, 1.165) is 12.8 Å². The van der Waals surface area contributed by atoms with E-state index in [0.29, 0.717) is 0 Å². The first-order valence-corrected chi connectivity index (χ1v) is 7.68. The monoisotopic (exact) mass is 308 g/mol. The summed E-state index contributed by atoms with van der Waals surface area (Å²) >= 11 is 0. The van der Waals surface area contributed by atoms with Crippen LogP contribution in [0.5, 0.6) is 0 Å². The zero-order valence-electron chi connectivity index (χ0n) is 11.9. The molecule has 1 saturated heterocycles. The van der Waals surface area contributed by atoms with Crippen molar-refractivity contribution in [2.24, 2.45) is 0 Å². The molecular weight excluding hydrogens is 291 g/mol. The zero-order valence-corrected chi connectivity index (χ0v) is 14.7. The minimum Gasteiger partial charge on any atom is -0.744 e. The zero-order chi connectivity index (χ0) is 14.0. The van der Waals surface area contributed by atoms with Crippen LogP contribution in [0.2, 0.25) is 0 Å². The first-order valence-electron chi connectivity index (χ1n) is 6.27. The molecule has 1 aromatic rings. The van der Waals surface area contributed by atoms with Crippen molar-refractivity contribution >= 4 is 10.1 Å². The molecule has 0 radical (unpaired) electrons. The Morgan fingerprint density at radius 3 is 2.55 bits per heavy atom. The van der Waals surface area contributed by atoms with Gasteiger partial charge in [0.1, 0.15) is 10.1 Å². The van der Waals surface area contributed by atoms with Crippen LogP contribution in [0.4, 0.5) is 0 Å². The van der Waals surface area contributed by atoms with Crippen LogP contribution in [0, 0.1) is 0 Å². The van der Waals surface area contributed by atoms with Gasteiger partial charge in [-0.3, -0.25) is 0 Å². The second kappa shape index (κ2) is 7.35. The quantitative estimate of drug-likeness (QED) is 0.540. The second-order valence-electron chi connectivity index (χ2n) is 4.67. The van der Waals surface area contributed by atoms with E-state index in [1.54, 1.807) is 12.1 Å². The molecule has 0 spiro atoms. The van der Waals surface area contributed by atoms with Gasteiger partial charge in [0, 0.05) is 5.56 Å². The molecule has 0 N–H and O–H groups in total. The SMILES string of the molecule is CCC1CC(C)OC(c2ccccc2S(=O)(=O)[O-])O1.[Na+]. The van der Waals surface area contributed by atoms with Gasteiger partial charge >= 0.3 is 29.6 Å². The van der Waals surface area contributed by atoms with Crippen molar-refractivity contribution in [2.75, 3.05) is 0 Å². The first-order chi connectivity index (χ1) is 8.91. The van der Waals surface area contributed by atoms with Gasteiger partial charge in [-0.15, -0.1) is 0 Å². The van der Waals surface area contributed by atoms with E-state index in [1.165, 1.54) is 12.1 Å². The smallest absolute Gasteiger partial charge is 0.744 e. The molecule has 106 valence electrons. The van der Waals surface area contributed by atoms with Crippen LogP contribution < -0.4 is 29.6 Å². The Morgan fingerprint density at radius 2 is 1.95 bits per heavy atom. The maximum Gasteiger partial charge on any atom is 1.00 e. The number of benzene rings is 1. The van der Waals surface area contributed by atoms with Gasteiger partial charge < -0.3 is 14.0 Å². The Balaban J connectivity index is 0.00000200. The third-order valence-electron chi connectivity index (χ3n) is 3.16. The van der Waals surface area contributed by atoms with E-state index in [4.69, 9.17) is 9.47 Å². The molecule has 2 rings (SSSR count). The van der Waals surface area contributed by atoms with Gasteiger partial charge in [-0.1, -0.05) is 25.1 Å². The molecule has 0 saturated carbocycles. The fourth-order valence-electron chi connectivity index (χ4n) is 2.21. The molecular formula is C13H17NaO5S. The standard InChI is InChI=1S/C13H18O5S.Na/c1-3-10-8-9(2)17-13(18-10)11-6-4-5-7-12(11)19(14,15)16;/h4-7,9-10,13H,3,8H2,1-2H3,(H,14,15,16);/q;+1/p-1. The summed E-state index contributed by atoms with van der Waals surface area (Å²) in [6, 6.07) is 6.01. The van der Waals surface area contributed by atoms with E-state index in [9.17, 15) is 13.0 Å². The van der Waals surface area contributed by atoms with E-state index >= 15 is 0 Å². The van der Waals surface area contributed by atoms with Crippen molar-refractivity contribution in [2.45, 2.75) is 50.1 Å². The predicted octanol–water partition coefficient (Wildman–Crippen LogP) is -0.803. The molecule has 3 atom stereocenters. The third kappa shape index (κ3) is 4.27. The average molecular weight is 308 g/mol.